The van der Waals surface area contributed by atoms with Crippen LogP contribution in [0, 0.1) is 6.92 Å². The number of rotatable bonds is 5. The number of fused-ring (bicyclic) bond motifs is 1. The summed E-state index contributed by atoms with van der Waals surface area (Å²) in [4.78, 5) is 21.1. The number of carbonyl (C=O) groups is 1. The van der Waals surface area contributed by atoms with Crippen LogP contribution < -0.4 is 10.6 Å². The first-order valence-electron chi connectivity index (χ1n) is 10.7. The number of aryl methyl sites for hydroxylation is 1. The summed E-state index contributed by atoms with van der Waals surface area (Å²) in [6.07, 6.45) is 1.68. The van der Waals surface area contributed by atoms with E-state index in [9.17, 15) is 4.79 Å². The summed E-state index contributed by atoms with van der Waals surface area (Å²) in [5.74, 6) is 0.766. The van der Waals surface area contributed by atoms with Crippen molar-refractivity contribution >= 4 is 46.1 Å². The molecule has 5 aromatic rings. The fourth-order valence-corrected chi connectivity index (χ4v) is 3.76. The third-order valence-corrected chi connectivity index (χ3v) is 5.99. The lowest BCUT2D eigenvalue weighted by molar-refractivity contribution is 0.0950. The van der Waals surface area contributed by atoms with Crippen LogP contribution in [0.15, 0.2) is 81.8 Å². The number of nitrogens with zero attached hydrogens (tertiary/aromatic N) is 2. The second kappa shape index (κ2) is 9.69. The Labute approximate surface area is 211 Å². The zero-order chi connectivity index (χ0) is 24.4. The van der Waals surface area contributed by atoms with Crippen molar-refractivity contribution < 1.29 is 13.6 Å². The van der Waals surface area contributed by atoms with Gasteiger partial charge in [0.2, 0.25) is 5.89 Å². The van der Waals surface area contributed by atoms with Gasteiger partial charge in [0.1, 0.15) is 5.76 Å². The number of pyridine rings is 1. The Morgan fingerprint density at radius 2 is 1.83 bits per heavy atom. The van der Waals surface area contributed by atoms with Crippen LogP contribution >= 0.6 is 23.8 Å². The highest BCUT2D eigenvalue weighted by Crippen LogP contribution is 2.27. The number of aromatic nitrogens is 2. The summed E-state index contributed by atoms with van der Waals surface area (Å²) in [6.45, 7) is 2.35. The summed E-state index contributed by atoms with van der Waals surface area (Å²) in [5, 5.41) is 6.49. The van der Waals surface area contributed by atoms with Crippen LogP contribution in [0.1, 0.15) is 21.7 Å². The Morgan fingerprint density at radius 1 is 1.03 bits per heavy atom. The highest BCUT2D eigenvalue weighted by Gasteiger charge is 2.14. The number of benzene rings is 2. The monoisotopic (exact) mass is 502 g/mol. The van der Waals surface area contributed by atoms with E-state index in [4.69, 9.17) is 32.7 Å². The van der Waals surface area contributed by atoms with Gasteiger partial charge < -0.3 is 14.2 Å². The van der Waals surface area contributed by atoms with Gasteiger partial charge in [0, 0.05) is 28.9 Å². The molecule has 2 aromatic carbocycles. The molecule has 7 nitrogen and oxygen atoms in total. The first-order valence-corrected chi connectivity index (χ1v) is 11.5. The predicted octanol–water partition coefficient (Wildman–Crippen LogP) is 5.92. The maximum Gasteiger partial charge on any atom is 0.293 e. The van der Waals surface area contributed by atoms with Crippen LogP contribution in [0.25, 0.3) is 34.0 Å². The van der Waals surface area contributed by atoms with Gasteiger partial charge in [-0.2, -0.15) is 4.98 Å². The van der Waals surface area contributed by atoms with E-state index < -0.39 is 5.91 Å². The standard InChI is InChI=1S/C26H19ClN4O3S/c1-15-4-7-18(13-19(15)27)20-10-11-22(33-20)24(32)31-26(35)29-14-16-5-8-17(9-6-16)25-30-23-21(34-25)3-2-12-28-23/h2-13H,14H2,1H3,(H2,29,31,32,35). The number of furan rings is 1. The molecule has 5 rings (SSSR count). The number of nitrogens with one attached hydrogen (secondary N) is 2. The normalized spacial score (nSPS) is 10.9. The van der Waals surface area contributed by atoms with E-state index in [-0.39, 0.29) is 10.9 Å². The lowest BCUT2D eigenvalue weighted by atomic mass is 10.1. The molecule has 0 aliphatic heterocycles. The van der Waals surface area contributed by atoms with E-state index in [1.807, 2.05) is 49.4 Å². The molecule has 35 heavy (non-hydrogen) atoms. The number of carbonyl (C=O) groups excluding carboxylic acids is 1. The Morgan fingerprint density at radius 3 is 2.60 bits per heavy atom. The van der Waals surface area contributed by atoms with Crippen LogP contribution in [0.3, 0.4) is 0 Å². The van der Waals surface area contributed by atoms with Crippen LogP contribution in [-0.4, -0.2) is 21.0 Å². The van der Waals surface area contributed by atoms with Gasteiger partial charge in [-0.3, -0.25) is 10.1 Å². The average Bonchev–Trinajstić information content (AvgIpc) is 3.53. The minimum atomic E-state index is -0.438. The summed E-state index contributed by atoms with van der Waals surface area (Å²) < 4.78 is 11.4. The molecule has 0 radical (unpaired) electrons. The van der Waals surface area contributed by atoms with Gasteiger partial charge in [0.15, 0.2) is 22.1 Å². The molecule has 174 valence electrons. The summed E-state index contributed by atoms with van der Waals surface area (Å²) in [5.41, 5.74) is 4.77. The number of amides is 1. The van der Waals surface area contributed by atoms with Crippen molar-refractivity contribution in [3.8, 4) is 22.8 Å². The first-order chi connectivity index (χ1) is 17.0. The van der Waals surface area contributed by atoms with Crippen molar-refractivity contribution in [2.24, 2.45) is 0 Å². The molecule has 0 bridgehead atoms. The Bertz CT molecular complexity index is 1510. The fraction of sp³-hybridized carbons (Fsp3) is 0.0769. The van der Waals surface area contributed by atoms with Crippen LogP contribution in [0.4, 0.5) is 0 Å². The largest absolute Gasteiger partial charge is 0.451 e. The van der Waals surface area contributed by atoms with E-state index in [1.54, 1.807) is 30.5 Å². The van der Waals surface area contributed by atoms with E-state index in [0.29, 0.717) is 34.4 Å². The topological polar surface area (TPSA) is 93.2 Å². The average molecular weight is 503 g/mol. The molecule has 0 unspecified atom stereocenters. The maximum atomic E-state index is 12.5. The number of hydrogen-bond donors (Lipinski definition) is 2. The lowest BCUT2D eigenvalue weighted by Gasteiger charge is -2.09. The van der Waals surface area contributed by atoms with Crippen LogP contribution in [-0.2, 0) is 6.54 Å². The molecule has 2 N–H and O–H groups in total. The summed E-state index contributed by atoms with van der Waals surface area (Å²) >= 11 is 11.5. The fourth-order valence-electron chi connectivity index (χ4n) is 3.41. The highest BCUT2D eigenvalue weighted by molar-refractivity contribution is 7.80. The first kappa shape index (κ1) is 22.8. The smallest absolute Gasteiger partial charge is 0.293 e. The van der Waals surface area contributed by atoms with Gasteiger partial charge in [0.05, 0.1) is 0 Å². The molecular weight excluding hydrogens is 484 g/mol. The van der Waals surface area contributed by atoms with Crippen molar-refractivity contribution in [2.75, 3.05) is 0 Å². The molecule has 0 aliphatic carbocycles. The van der Waals surface area contributed by atoms with Gasteiger partial charge in [-0.25, -0.2) is 4.98 Å². The molecule has 9 heteroatoms. The molecule has 1 amide bonds. The van der Waals surface area contributed by atoms with Gasteiger partial charge in [0.25, 0.3) is 5.91 Å². The van der Waals surface area contributed by atoms with E-state index in [2.05, 4.69) is 20.6 Å². The molecular formula is C26H19ClN4O3S. The second-order valence-corrected chi connectivity index (χ2v) is 8.62. The third kappa shape index (κ3) is 5.08. The minimum Gasteiger partial charge on any atom is -0.451 e. The minimum absolute atomic E-state index is 0.151. The van der Waals surface area contributed by atoms with Gasteiger partial charge in [-0.05, 0) is 72.7 Å². The molecule has 0 aliphatic rings. The molecule has 3 heterocycles. The maximum absolute atomic E-state index is 12.5. The van der Waals surface area contributed by atoms with Crippen molar-refractivity contribution in [2.45, 2.75) is 13.5 Å². The zero-order valence-corrected chi connectivity index (χ0v) is 20.1. The number of thiocarbonyl (C=S) groups is 1. The molecule has 0 saturated heterocycles. The van der Waals surface area contributed by atoms with E-state index in [0.717, 1.165) is 22.3 Å². The third-order valence-electron chi connectivity index (χ3n) is 5.33. The van der Waals surface area contributed by atoms with Crippen LogP contribution in [0.2, 0.25) is 5.02 Å². The second-order valence-electron chi connectivity index (χ2n) is 7.81. The van der Waals surface area contributed by atoms with Gasteiger partial charge in [-0.15, -0.1) is 0 Å². The van der Waals surface area contributed by atoms with Crippen molar-refractivity contribution in [3.05, 3.63) is 94.8 Å². The number of oxazole rings is 1. The number of halogens is 1. The zero-order valence-electron chi connectivity index (χ0n) is 18.5. The quantitative estimate of drug-likeness (QED) is 0.288. The Kier molecular flexibility index (Phi) is 6.31. The summed E-state index contributed by atoms with van der Waals surface area (Å²) in [7, 11) is 0. The van der Waals surface area contributed by atoms with E-state index >= 15 is 0 Å². The number of hydrogen-bond acceptors (Lipinski definition) is 6. The van der Waals surface area contributed by atoms with E-state index in [1.165, 1.54) is 0 Å². The Hall–Kier alpha value is -4.01. The lowest BCUT2D eigenvalue weighted by Crippen LogP contribution is -2.38. The molecule has 0 fully saturated rings. The molecule has 3 aromatic heterocycles. The molecule has 0 spiro atoms. The van der Waals surface area contributed by atoms with Crippen LogP contribution in [0.5, 0.6) is 0 Å². The van der Waals surface area contributed by atoms with Gasteiger partial charge >= 0.3 is 0 Å². The van der Waals surface area contributed by atoms with Crippen molar-refractivity contribution in [3.63, 3.8) is 0 Å². The molecule has 0 atom stereocenters. The summed E-state index contributed by atoms with van der Waals surface area (Å²) in [6, 6.07) is 20.2. The van der Waals surface area contributed by atoms with Crippen molar-refractivity contribution in [1.29, 1.82) is 0 Å². The highest BCUT2D eigenvalue weighted by atomic mass is 35.5. The van der Waals surface area contributed by atoms with Gasteiger partial charge in [-0.1, -0.05) is 35.9 Å². The Balaban J connectivity index is 1.17. The predicted molar refractivity (Wildman–Crippen MR) is 138 cm³/mol. The van der Waals surface area contributed by atoms with Crippen molar-refractivity contribution in [1.82, 2.24) is 20.6 Å². The molecule has 0 saturated carbocycles. The SMILES string of the molecule is Cc1ccc(-c2ccc(C(=O)NC(=S)NCc3ccc(-c4nc5ncccc5o4)cc3)o2)cc1Cl.